The van der Waals surface area contributed by atoms with Crippen molar-refractivity contribution in [2.24, 2.45) is 5.73 Å². The van der Waals surface area contributed by atoms with Crippen molar-refractivity contribution in [2.75, 3.05) is 11.4 Å². The number of aryl methyl sites for hydroxylation is 2. The molecule has 0 unspecified atom stereocenters. The van der Waals surface area contributed by atoms with E-state index in [-0.39, 0.29) is 0 Å². The molecule has 1 aromatic heterocycles. The van der Waals surface area contributed by atoms with Crippen molar-refractivity contribution in [3.8, 4) is 0 Å². The lowest BCUT2D eigenvalue weighted by Crippen LogP contribution is -2.25. The summed E-state index contributed by atoms with van der Waals surface area (Å²) in [6.45, 7) is 3.56. The third-order valence-corrected chi connectivity index (χ3v) is 3.53. The van der Waals surface area contributed by atoms with E-state index in [4.69, 9.17) is 5.73 Å². The topological polar surface area (TPSA) is 55.0 Å². The second kappa shape index (κ2) is 4.97. The van der Waals surface area contributed by atoms with E-state index in [2.05, 4.69) is 40.0 Å². The zero-order chi connectivity index (χ0) is 13.2. The number of nitrogens with two attached hydrogens (primary N) is 1. The Kier molecular flexibility index (Phi) is 3.17. The first kappa shape index (κ1) is 12.1. The number of anilines is 2. The van der Waals surface area contributed by atoms with Gasteiger partial charge in [-0.05, 0) is 31.4 Å². The smallest absolute Gasteiger partial charge is 0.151 e. The van der Waals surface area contributed by atoms with E-state index < -0.39 is 0 Å². The third kappa shape index (κ3) is 2.31. The zero-order valence-corrected chi connectivity index (χ0v) is 11.1. The molecule has 2 N–H and O–H groups in total. The lowest BCUT2D eigenvalue weighted by Gasteiger charge is -2.30. The number of aromatic nitrogens is 2. The first-order chi connectivity index (χ1) is 9.28. The maximum atomic E-state index is 5.56. The highest BCUT2D eigenvalue weighted by Crippen LogP contribution is 2.32. The molecule has 0 atom stereocenters. The first-order valence-corrected chi connectivity index (χ1v) is 6.66. The fourth-order valence-corrected chi connectivity index (χ4v) is 2.56. The van der Waals surface area contributed by atoms with E-state index in [1.54, 1.807) is 6.20 Å². The van der Waals surface area contributed by atoms with Crippen molar-refractivity contribution in [3.05, 3.63) is 47.4 Å². The highest BCUT2D eigenvalue weighted by molar-refractivity contribution is 5.65. The molecule has 1 aliphatic heterocycles. The lowest BCUT2D eigenvalue weighted by molar-refractivity contribution is 0.755. The van der Waals surface area contributed by atoms with Gasteiger partial charge in [0.05, 0.1) is 18.1 Å². The van der Waals surface area contributed by atoms with Crippen LogP contribution in [-0.4, -0.2) is 16.5 Å². The molecule has 0 bridgehead atoms. The van der Waals surface area contributed by atoms with E-state index in [0.29, 0.717) is 6.54 Å². The van der Waals surface area contributed by atoms with E-state index in [1.165, 1.54) is 16.8 Å². The van der Waals surface area contributed by atoms with Crippen molar-refractivity contribution in [2.45, 2.75) is 26.3 Å². The highest BCUT2D eigenvalue weighted by Gasteiger charge is 2.19. The number of hydrogen-bond acceptors (Lipinski definition) is 4. The molecule has 0 aliphatic carbocycles. The molecular weight excluding hydrogens is 236 g/mol. The SMILES string of the molecule is Cc1ccc2c(c1)CCCN2c1cnc(CN)cn1. The van der Waals surface area contributed by atoms with Crippen LogP contribution < -0.4 is 10.6 Å². The number of benzene rings is 1. The number of nitrogens with zero attached hydrogens (tertiary/aromatic N) is 3. The molecule has 0 amide bonds. The number of hydrogen-bond donors (Lipinski definition) is 1. The van der Waals surface area contributed by atoms with Gasteiger partial charge in [-0.1, -0.05) is 17.7 Å². The summed E-state index contributed by atoms with van der Waals surface area (Å²) in [5, 5.41) is 0. The Balaban J connectivity index is 1.98. The average Bonchev–Trinajstić information content (AvgIpc) is 2.46. The summed E-state index contributed by atoms with van der Waals surface area (Å²) in [6.07, 6.45) is 5.87. The van der Waals surface area contributed by atoms with E-state index in [0.717, 1.165) is 30.9 Å². The molecule has 4 heteroatoms. The summed E-state index contributed by atoms with van der Waals surface area (Å²) in [4.78, 5) is 11.1. The predicted molar refractivity (Wildman–Crippen MR) is 76.4 cm³/mol. The summed E-state index contributed by atoms with van der Waals surface area (Å²) in [5.74, 6) is 0.905. The molecule has 0 saturated heterocycles. The standard InChI is InChI=1S/C15H18N4/c1-11-4-5-14-12(7-11)3-2-6-19(14)15-10-17-13(8-16)9-18-15/h4-5,7,9-10H,2-3,6,8,16H2,1H3. The van der Waals surface area contributed by atoms with Gasteiger partial charge in [0.2, 0.25) is 0 Å². The monoisotopic (exact) mass is 254 g/mol. The zero-order valence-electron chi connectivity index (χ0n) is 11.1. The van der Waals surface area contributed by atoms with Gasteiger partial charge < -0.3 is 10.6 Å². The maximum absolute atomic E-state index is 5.56. The molecule has 0 spiro atoms. The van der Waals surface area contributed by atoms with Crippen molar-refractivity contribution in [1.82, 2.24) is 9.97 Å². The summed E-state index contributed by atoms with van der Waals surface area (Å²) < 4.78 is 0. The predicted octanol–water partition coefficient (Wildman–Crippen LogP) is 2.33. The van der Waals surface area contributed by atoms with Gasteiger partial charge in [-0.3, -0.25) is 4.98 Å². The number of fused-ring (bicyclic) bond motifs is 1. The largest absolute Gasteiger partial charge is 0.325 e. The number of rotatable bonds is 2. The second-order valence-electron chi connectivity index (χ2n) is 4.96. The fourth-order valence-electron chi connectivity index (χ4n) is 2.56. The van der Waals surface area contributed by atoms with Crippen LogP contribution in [0.1, 0.15) is 23.2 Å². The Labute approximate surface area is 113 Å². The average molecular weight is 254 g/mol. The van der Waals surface area contributed by atoms with Crippen LogP contribution in [0.2, 0.25) is 0 Å². The van der Waals surface area contributed by atoms with Gasteiger partial charge >= 0.3 is 0 Å². The van der Waals surface area contributed by atoms with Crippen LogP contribution >= 0.6 is 0 Å². The van der Waals surface area contributed by atoms with Crippen LogP contribution in [0.5, 0.6) is 0 Å². The quantitative estimate of drug-likeness (QED) is 0.893. The molecule has 0 fully saturated rings. The van der Waals surface area contributed by atoms with Crippen molar-refractivity contribution in [1.29, 1.82) is 0 Å². The van der Waals surface area contributed by atoms with Gasteiger partial charge in [-0.25, -0.2) is 4.98 Å². The van der Waals surface area contributed by atoms with Gasteiger partial charge in [0, 0.05) is 18.8 Å². The van der Waals surface area contributed by atoms with Crippen LogP contribution in [-0.2, 0) is 13.0 Å². The van der Waals surface area contributed by atoms with E-state index in [9.17, 15) is 0 Å². The highest BCUT2D eigenvalue weighted by atomic mass is 15.2. The van der Waals surface area contributed by atoms with Crippen LogP contribution in [0.4, 0.5) is 11.5 Å². The van der Waals surface area contributed by atoms with Crippen molar-refractivity contribution < 1.29 is 0 Å². The second-order valence-corrected chi connectivity index (χ2v) is 4.96. The lowest BCUT2D eigenvalue weighted by atomic mass is 10.00. The van der Waals surface area contributed by atoms with Crippen LogP contribution in [0.25, 0.3) is 0 Å². The minimum absolute atomic E-state index is 0.434. The van der Waals surface area contributed by atoms with Crippen LogP contribution in [0, 0.1) is 6.92 Å². The van der Waals surface area contributed by atoms with Crippen LogP contribution in [0.15, 0.2) is 30.6 Å². The van der Waals surface area contributed by atoms with Gasteiger partial charge in [-0.2, -0.15) is 0 Å². The third-order valence-electron chi connectivity index (χ3n) is 3.53. The van der Waals surface area contributed by atoms with Crippen molar-refractivity contribution in [3.63, 3.8) is 0 Å². The van der Waals surface area contributed by atoms with Gasteiger partial charge in [-0.15, -0.1) is 0 Å². The summed E-state index contributed by atoms with van der Waals surface area (Å²) in [7, 11) is 0. The Morgan fingerprint density at radius 3 is 2.89 bits per heavy atom. The molecule has 1 aromatic carbocycles. The molecule has 4 nitrogen and oxygen atoms in total. The van der Waals surface area contributed by atoms with Crippen LogP contribution in [0.3, 0.4) is 0 Å². The summed E-state index contributed by atoms with van der Waals surface area (Å²) in [6, 6.07) is 6.60. The molecule has 98 valence electrons. The minimum Gasteiger partial charge on any atom is -0.325 e. The first-order valence-electron chi connectivity index (χ1n) is 6.66. The molecule has 2 aromatic rings. The molecule has 19 heavy (non-hydrogen) atoms. The summed E-state index contributed by atoms with van der Waals surface area (Å²) >= 11 is 0. The Hall–Kier alpha value is -1.94. The minimum atomic E-state index is 0.434. The fraction of sp³-hybridized carbons (Fsp3) is 0.333. The molecule has 0 saturated carbocycles. The maximum Gasteiger partial charge on any atom is 0.151 e. The molecule has 0 radical (unpaired) electrons. The molecule has 3 rings (SSSR count). The molecular formula is C15H18N4. The van der Waals surface area contributed by atoms with E-state index in [1.807, 2.05) is 6.20 Å². The molecule has 2 heterocycles. The van der Waals surface area contributed by atoms with Crippen molar-refractivity contribution >= 4 is 11.5 Å². The Morgan fingerprint density at radius 1 is 1.26 bits per heavy atom. The normalized spacial score (nSPS) is 14.3. The molecule has 1 aliphatic rings. The van der Waals surface area contributed by atoms with Gasteiger partial charge in [0.25, 0.3) is 0 Å². The van der Waals surface area contributed by atoms with E-state index >= 15 is 0 Å². The van der Waals surface area contributed by atoms with Gasteiger partial charge in [0.15, 0.2) is 5.82 Å². The Morgan fingerprint density at radius 2 is 2.16 bits per heavy atom. The van der Waals surface area contributed by atoms with Gasteiger partial charge in [0.1, 0.15) is 0 Å². The summed E-state index contributed by atoms with van der Waals surface area (Å²) in [5.41, 5.74) is 10.3. The Bertz CT molecular complexity index is 577.